The smallest absolute Gasteiger partial charge is 0.116 e. The minimum absolute atomic E-state index is 0.329. The predicted octanol–water partition coefficient (Wildman–Crippen LogP) is 8.10. The Kier molecular flexibility index (Phi) is 14.2. The third kappa shape index (κ3) is 10.4. The molecule has 0 spiro atoms. The van der Waals surface area contributed by atoms with Gasteiger partial charge in [0.15, 0.2) is 0 Å². The van der Waals surface area contributed by atoms with Crippen molar-refractivity contribution >= 4 is 0 Å². The topological polar surface area (TPSA) is 55.4 Å². The van der Waals surface area contributed by atoms with Crippen molar-refractivity contribution in [1.82, 2.24) is 0 Å². The normalized spacial score (nSPS) is 22.6. The van der Waals surface area contributed by atoms with Gasteiger partial charge >= 0.3 is 0 Å². The molecule has 6 atom stereocenters. The summed E-state index contributed by atoms with van der Waals surface area (Å²) in [6.45, 7) is 8.52. The van der Waals surface area contributed by atoms with Gasteiger partial charge < -0.3 is 28.4 Å². The molecule has 0 N–H and O–H groups in total. The number of hydrogen-bond acceptors (Lipinski definition) is 6. The van der Waals surface area contributed by atoms with Crippen LogP contribution in [-0.4, -0.2) is 49.8 Å². The molecule has 1 fully saturated rings. The summed E-state index contributed by atoms with van der Waals surface area (Å²) in [6.07, 6.45) is 0.582. The summed E-state index contributed by atoms with van der Waals surface area (Å²) in [5.74, 6) is 0. The van der Waals surface area contributed by atoms with Crippen LogP contribution in [-0.2, 0) is 54.8 Å². The summed E-state index contributed by atoms with van der Waals surface area (Å²) >= 11 is 0. The molecule has 1 aliphatic carbocycles. The second-order valence-electron chi connectivity index (χ2n) is 11.8. The van der Waals surface area contributed by atoms with Gasteiger partial charge in [0, 0.05) is 6.61 Å². The molecule has 5 rings (SSSR count). The fraction of sp³-hybridized carbons (Fsp3) is 0.366. The van der Waals surface area contributed by atoms with Crippen molar-refractivity contribution in [2.75, 3.05) is 13.2 Å². The zero-order valence-electron chi connectivity index (χ0n) is 27.4. The molecular formula is C41H48O6. The van der Waals surface area contributed by atoms with Crippen molar-refractivity contribution in [2.45, 2.75) is 82.8 Å². The zero-order chi connectivity index (χ0) is 32.5. The molecule has 0 saturated heterocycles. The van der Waals surface area contributed by atoms with Gasteiger partial charge in [-0.05, 0) is 28.7 Å². The fourth-order valence-electron chi connectivity index (χ4n) is 5.87. The molecule has 1 aliphatic rings. The lowest BCUT2D eigenvalue weighted by molar-refractivity contribution is -0.287. The third-order valence-electron chi connectivity index (χ3n) is 8.30. The highest BCUT2D eigenvalue weighted by Gasteiger charge is 2.55. The zero-order valence-corrected chi connectivity index (χ0v) is 27.4. The second-order valence-corrected chi connectivity index (χ2v) is 11.8. The van der Waals surface area contributed by atoms with Crippen molar-refractivity contribution in [1.29, 1.82) is 0 Å². The van der Waals surface area contributed by atoms with Gasteiger partial charge in [-0.1, -0.05) is 141 Å². The Balaban J connectivity index is 1.54. The van der Waals surface area contributed by atoms with Gasteiger partial charge in [-0.15, -0.1) is 6.58 Å². The maximum Gasteiger partial charge on any atom is 0.116 e. The predicted molar refractivity (Wildman–Crippen MR) is 185 cm³/mol. The highest BCUT2D eigenvalue weighted by Crippen LogP contribution is 2.36. The van der Waals surface area contributed by atoms with Gasteiger partial charge in [0.05, 0.1) is 33.0 Å². The van der Waals surface area contributed by atoms with E-state index in [-0.39, 0.29) is 0 Å². The Morgan fingerprint density at radius 1 is 0.447 bits per heavy atom. The first-order chi connectivity index (χ1) is 23.3. The van der Waals surface area contributed by atoms with Crippen LogP contribution < -0.4 is 0 Å². The molecule has 0 unspecified atom stereocenters. The first-order valence-corrected chi connectivity index (χ1v) is 16.7. The number of unbranched alkanes of at least 4 members (excludes halogenated alkanes) is 1. The average molecular weight is 637 g/mol. The minimum Gasteiger partial charge on any atom is -0.373 e. The molecule has 248 valence electrons. The molecule has 4 aromatic carbocycles. The lowest BCUT2D eigenvalue weighted by atomic mass is 9.83. The maximum atomic E-state index is 6.86. The fourth-order valence-corrected chi connectivity index (χ4v) is 5.87. The van der Waals surface area contributed by atoms with E-state index in [4.69, 9.17) is 28.4 Å². The number of hydrogen-bond donors (Lipinski definition) is 0. The molecule has 0 radical (unpaired) electrons. The Labute approximate surface area is 280 Å². The highest BCUT2D eigenvalue weighted by atomic mass is 16.6. The van der Waals surface area contributed by atoms with E-state index in [0.717, 1.165) is 35.1 Å². The lowest BCUT2D eigenvalue weighted by Crippen LogP contribution is -2.67. The van der Waals surface area contributed by atoms with Crippen LogP contribution in [0.4, 0.5) is 0 Å². The molecule has 0 aliphatic heterocycles. The van der Waals surface area contributed by atoms with E-state index in [1.807, 2.05) is 72.8 Å². The summed E-state index contributed by atoms with van der Waals surface area (Å²) in [7, 11) is 0. The van der Waals surface area contributed by atoms with Crippen LogP contribution in [0.5, 0.6) is 0 Å². The van der Waals surface area contributed by atoms with Gasteiger partial charge in [0.1, 0.15) is 36.6 Å². The number of benzene rings is 4. The molecule has 6 nitrogen and oxygen atoms in total. The van der Waals surface area contributed by atoms with Crippen LogP contribution in [0.1, 0.15) is 42.0 Å². The third-order valence-corrected chi connectivity index (χ3v) is 8.30. The Morgan fingerprint density at radius 3 is 1.04 bits per heavy atom. The van der Waals surface area contributed by atoms with E-state index in [0.29, 0.717) is 39.6 Å². The van der Waals surface area contributed by atoms with E-state index < -0.39 is 36.6 Å². The molecule has 0 heterocycles. The Hall–Kier alpha value is -3.62. The summed E-state index contributed by atoms with van der Waals surface area (Å²) in [5.41, 5.74) is 4.24. The van der Waals surface area contributed by atoms with Crippen molar-refractivity contribution in [3.63, 3.8) is 0 Å². The van der Waals surface area contributed by atoms with Crippen LogP contribution >= 0.6 is 0 Å². The molecule has 0 aromatic heterocycles. The largest absolute Gasteiger partial charge is 0.373 e. The van der Waals surface area contributed by atoms with Gasteiger partial charge in [0.25, 0.3) is 0 Å². The van der Waals surface area contributed by atoms with E-state index in [1.54, 1.807) is 6.08 Å². The molecule has 4 aromatic rings. The SMILES string of the molecule is C=CCO[C@H]1[C@@H](OCCCC)[C@@H](OCc2ccccc2)[C@H](OCc2ccccc2)[C@@H](OCc2ccccc2)[C@@H]1OCc1ccccc1. The van der Waals surface area contributed by atoms with Crippen LogP contribution in [0.15, 0.2) is 134 Å². The standard InChI is InChI=1S/C41H48O6/c1-3-5-27-43-37-36(42-26-4-2)38(44-28-32-18-10-6-11-19-32)40(46-30-34-22-14-8-15-23-34)41(47-31-35-24-16-9-17-25-35)39(37)45-29-33-20-12-7-13-21-33/h4,6-25,36-41H,2-3,5,26-31H2,1H3/t36-,37+,38+,39+,40-,41-/m0/s1. The molecule has 1 saturated carbocycles. The number of rotatable bonds is 19. The van der Waals surface area contributed by atoms with E-state index >= 15 is 0 Å². The summed E-state index contributed by atoms with van der Waals surface area (Å²) in [6, 6.07) is 40.7. The Morgan fingerprint density at radius 2 is 0.745 bits per heavy atom. The van der Waals surface area contributed by atoms with Gasteiger partial charge in [-0.25, -0.2) is 0 Å². The quantitative estimate of drug-likeness (QED) is 0.0766. The minimum atomic E-state index is -0.538. The summed E-state index contributed by atoms with van der Waals surface area (Å²) in [5, 5.41) is 0. The molecule has 0 amide bonds. The summed E-state index contributed by atoms with van der Waals surface area (Å²) in [4.78, 5) is 0. The van der Waals surface area contributed by atoms with Crippen LogP contribution in [0.2, 0.25) is 0 Å². The first-order valence-electron chi connectivity index (χ1n) is 16.7. The maximum absolute atomic E-state index is 6.86. The molecule has 6 heteroatoms. The Bertz CT molecular complexity index is 1400. The second kappa shape index (κ2) is 19.3. The molecule has 47 heavy (non-hydrogen) atoms. The van der Waals surface area contributed by atoms with E-state index in [2.05, 4.69) is 62.0 Å². The van der Waals surface area contributed by atoms with Gasteiger partial charge in [0.2, 0.25) is 0 Å². The average Bonchev–Trinajstić information content (AvgIpc) is 3.13. The van der Waals surface area contributed by atoms with Crippen molar-refractivity contribution in [2.24, 2.45) is 0 Å². The van der Waals surface area contributed by atoms with E-state index in [9.17, 15) is 0 Å². The van der Waals surface area contributed by atoms with E-state index in [1.165, 1.54) is 0 Å². The molecule has 0 bridgehead atoms. The lowest BCUT2D eigenvalue weighted by Gasteiger charge is -2.49. The first kappa shape index (κ1) is 34.7. The van der Waals surface area contributed by atoms with Crippen LogP contribution in [0, 0.1) is 0 Å². The van der Waals surface area contributed by atoms with Crippen molar-refractivity contribution < 1.29 is 28.4 Å². The van der Waals surface area contributed by atoms with Crippen LogP contribution in [0.3, 0.4) is 0 Å². The monoisotopic (exact) mass is 636 g/mol. The number of ether oxygens (including phenoxy) is 6. The van der Waals surface area contributed by atoms with Gasteiger partial charge in [-0.2, -0.15) is 0 Å². The highest BCUT2D eigenvalue weighted by molar-refractivity contribution is 5.17. The van der Waals surface area contributed by atoms with Crippen molar-refractivity contribution in [3.05, 3.63) is 156 Å². The van der Waals surface area contributed by atoms with Crippen LogP contribution in [0.25, 0.3) is 0 Å². The van der Waals surface area contributed by atoms with Gasteiger partial charge in [-0.3, -0.25) is 0 Å². The molecular weight excluding hydrogens is 588 g/mol. The summed E-state index contributed by atoms with van der Waals surface area (Å²) < 4.78 is 40.6. The van der Waals surface area contributed by atoms with Crippen molar-refractivity contribution in [3.8, 4) is 0 Å².